The lowest BCUT2D eigenvalue weighted by Crippen LogP contribution is -2.33. The second kappa shape index (κ2) is 7.38. The molecule has 0 saturated heterocycles. The van der Waals surface area contributed by atoms with E-state index in [1.54, 1.807) is 23.9 Å². The average Bonchev–Trinajstić information content (AvgIpc) is 2.29. The van der Waals surface area contributed by atoms with E-state index in [4.69, 9.17) is 4.74 Å². The van der Waals surface area contributed by atoms with Gasteiger partial charge >= 0.3 is 6.09 Å². The van der Waals surface area contributed by atoms with Gasteiger partial charge in [-0.05, 0) is 57.2 Å². The molecule has 5 heteroatoms. The van der Waals surface area contributed by atoms with Gasteiger partial charge in [-0.2, -0.15) is 0 Å². The number of benzene rings is 1. The molecule has 106 valence electrons. The minimum absolute atomic E-state index is 0.226. The lowest BCUT2D eigenvalue weighted by molar-refractivity contribution is 0.0528. The highest BCUT2D eigenvalue weighted by molar-refractivity contribution is 7.99. The van der Waals surface area contributed by atoms with Crippen molar-refractivity contribution in [1.82, 2.24) is 5.32 Å². The molecule has 1 aromatic carbocycles. The highest BCUT2D eigenvalue weighted by atomic mass is 32.2. The fraction of sp³-hybridized carbons (Fsp3) is 0.500. The molecule has 0 unspecified atom stereocenters. The van der Waals surface area contributed by atoms with Gasteiger partial charge in [-0.1, -0.05) is 0 Å². The van der Waals surface area contributed by atoms with E-state index in [1.165, 1.54) is 12.1 Å². The largest absolute Gasteiger partial charge is 0.444 e. The van der Waals surface area contributed by atoms with E-state index in [2.05, 4.69) is 5.32 Å². The maximum absolute atomic E-state index is 12.7. The zero-order valence-corrected chi connectivity index (χ0v) is 12.3. The minimum atomic E-state index is -0.465. The summed E-state index contributed by atoms with van der Waals surface area (Å²) in [5.74, 6) is 0.637. The minimum Gasteiger partial charge on any atom is -0.444 e. The van der Waals surface area contributed by atoms with Crippen molar-refractivity contribution < 1.29 is 13.9 Å². The molecule has 19 heavy (non-hydrogen) atoms. The Morgan fingerprint density at radius 2 is 1.95 bits per heavy atom. The van der Waals surface area contributed by atoms with Gasteiger partial charge in [0, 0.05) is 11.4 Å². The van der Waals surface area contributed by atoms with Crippen LogP contribution in [0.5, 0.6) is 0 Å². The van der Waals surface area contributed by atoms with Crippen molar-refractivity contribution in [3.8, 4) is 0 Å². The van der Waals surface area contributed by atoms with Gasteiger partial charge in [0.25, 0.3) is 0 Å². The van der Waals surface area contributed by atoms with E-state index in [0.29, 0.717) is 6.54 Å². The van der Waals surface area contributed by atoms with Gasteiger partial charge in [0.15, 0.2) is 0 Å². The molecule has 0 aliphatic rings. The summed E-state index contributed by atoms with van der Waals surface area (Å²) in [6.45, 7) is 6.06. The fourth-order valence-electron chi connectivity index (χ4n) is 1.30. The Morgan fingerprint density at radius 3 is 2.53 bits per heavy atom. The molecule has 0 saturated carbocycles. The molecular formula is C14H20FNO2S. The lowest BCUT2D eigenvalue weighted by Gasteiger charge is -2.19. The van der Waals surface area contributed by atoms with E-state index < -0.39 is 5.60 Å². The van der Waals surface area contributed by atoms with E-state index >= 15 is 0 Å². The van der Waals surface area contributed by atoms with Crippen LogP contribution in [0.1, 0.15) is 27.2 Å². The Labute approximate surface area is 117 Å². The highest BCUT2D eigenvalue weighted by Gasteiger charge is 2.15. The summed E-state index contributed by atoms with van der Waals surface area (Å²) in [5, 5.41) is 2.70. The van der Waals surface area contributed by atoms with Gasteiger partial charge < -0.3 is 10.1 Å². The summed E-state index contributed by atoms with van der Waals surface area (Å²) in [7, 11) is 0. The molecule has 0 aromatic heterocycles. The first-order valence-electron chi connectivity index (χ1n) is 6.22. The number of hydrogen-bond donors (Lipinski definition) is 1. The van der Waals surface area contributed by atoms with Crippen LogP contribution in [-0.4, -0.2) is 24.0 Å². The predicted octanol–water partition coefficient (Wildman–Crippen LogP) is 3.83. The Hall–Kier alpha value is -1.23. The summed E-state index contributed by atoms with van der Waals surface area (Å²) in [5.41, 5.74) is -0.465. The zero-order valence-electron chi connectivity index (χ0n) is 11.5. The first-order chi connectivity index (χ1) is 8.87. The second-order valence-corrected chi connectivity index (χ2v) is 6.25. The first-order valence-corrected chi connectivity index (χ1v) is 7.20. The maximum atomic E-state index is 12.7. The van der Waals surface area contributed by atoms with Crippen molar-refractivity contribution in [3.05, 3.63) is 30.1 Å². The van der Waals surface area contributed by atoms with E-state index in [1.807, 2.05) is 20.8 Å². The van der Waals surface area contributed by atoms with Crippen molar-refractivity contribution >= 4 is 17.9 Å². The Kier molecular flexibility index (Phi) is 6.15. The molecule has 0 aliphatic heterocycles. The third-order valence-electron chi connectivity index (χ3n) is 2.07. The number of halogens is 1. The van der Waals surface area contributed by atoms with E-state index in [-0.39, 0.29) is 11.9 Å². The molecule has 0 atom stereocenters. The molecule has 0 bridgehead atoms. The predicted molar refractivity (Wildman–Crippen MR) is 76.0 cm³/mol. The van der Waals surface area contributed by atoms with Crippen LogP contribution in [0.3, 0.4) is 0 Å². The standard InChI is InChI=1S/C14H20FNO2S/c1-14(2,3)18-13(17)16-9-4-10-19-12-7-5-11(15)6-8-12/h5-8H,4,9-10H2,1-3H3,(H,16,17). The number of thioether (sulfide) groups is 1. The quantitative estimate of drug-likeness (QED) is 0.660. The van der Waals surface area contributed by atoms with E-state index in [9.17, 15) is 9.18 Å². The Morgan fingerprint density at radius 1 is 1.32 bits per heavy atom. The van der Waals surface area contributed by atoms with Crippen molar-refractivity contribution in [2.75, 3.05) is 12.3 Å². The number of alkyl carbamates (subject to hydrolysis) is 1. The van der Waals surface area contributed by atoms with E-state index in [0.717, 1.165) is 17.1 Å². The smallest absolute Gasteiger partial charge is 0.407 e. The molecule has 1 N–H and O–H groups in total. The van der Waals surface area contributed by atoms with Crippen LogP contribution in [0.15, 0.2) is 29.2 Å². The average molecular weight is 285 g/mol. The Balaban J connectivity index is 2.11. The molecule has 0 heterocycles. The number of amides is 1. The van der Waals surface area contributed by atoms with Crippen molar-refractivity contribution in [2.45, 2.75) is 37.7 Å². The monoisotopic (exact) mass is 285 g/mol. The van der Waals surface area contributed by atoms with Gasteiger partial charge in [0.05, 0.1) is 0 Å². The molecule has 3 nitrogen and oxygen atoms in total. The van der Waals surface area contributed by atoms with Crippen LogP contribution < -0.4 is 5.32 Å². The number of hydrogen-bond acceptors (Lipinski definition) is 3. The van der Waals surface area contributed by atoms with Crippen molar-refractivity contribution in [2.24, 2.45) is 0 Å². The van der Waals surface area contributed by atoms with Crippen LogP contribution in [-0.2, 0) is 4.74 Å². The maximum Gasteiger partial charge on any atom is 0.407 e. The second-order valence-electron chi connectivity index (χ2n) is 5.08. The summed E-state index contributed by atoms with van der Waals surface area (Å²) in [4.78, 5) is 12.4. The Bertz CT molecular complexity index is 401. The van der Waals surface area contributed by atoms with Gasteiger partial charge in [-0.3, -0.25) is 0 Å². The van der Waals surface area contributed by atoms with Gasteiger partial charge in [-0.25, -0.2) is 9.18 Å². The van der Waals surface area contributed by atoms with Crippen LogP contribution in [0, 0.1) is 5.82 Å². The van der Waals surface area contributed by atoms with Crippen molar-refractivity contribution in [3.63, 3.8) is 0 Å². The summed E-state index contributed by atoms with van der Waals surface area (Å²) >= 11 is 1.64. The fourth-order valence-corrected chi connectivity index (χ4v) is 2.15. The highest BCUT2D eigenvalue weighted by Crippen LogP contribution is 2.18. The molecule has 0 fully saturated rings. The molecule has 1 aromatic rings. The molecule has 0 aliphatic carbocycles. The van der Waals surface area contributed by atoms with Crippen LogP contribution in [0.4, 0.5) is 9.18 Å². The molecular weight excluding hydrogens is 265 g/mol. The van der Waals surface area contributed by atoms with Gasteiger partial charge in [0.1, 0.15) is 11.4 Å². The van der Waals surface area contributed by atoms with Crippen LogP contribution in [0.25, 0.3) is 0 Å². The number of carbonyl (C=O) groups excluding carboxylic acids is 1. The zero-order chi connectivity index (χ0) is 14.3. The topological polar surface area (TPSA) is 38.3 Å². The number of ether oxygens (including phenoxy) is 1. The number of rotatable bonds is 5. The molecule has 1 amide bonds. The lowest BCUT2D eigenvalue weighted by atomic mass is 10.2. The van der Waals surface area contributed by atoms with Crippen LogP contribution in [0.2, 0.25) is 0 Å². The molecule has 1 rings (SSSR count). The van der Waals surface area contributed by atoms with Gasteiger partial charge in [0.2, 0.25) is 0 Å². The third-order valence-corrected chi connectivity index (χ3v) is 3.17. The number of nitrogens with one attached hydrogen (secondary N) is 1. The third kappa shape index (κ3) is 7.72. The molecule has 0 radical (unpaired) electrons. The summed E-state index contributed by atoms with van der Waals surface area (Å²) in [6, 6.07) is 6.39. The van der Waals surface area contributed by atoms with Crippen molar-refractivity contribution in [1.29, 1.82) is 0 Å². The van der Waals surface area contributed by atoms with Crippen LogP contribution >= 0.6 is 11.8 Å². The normalized spacial score (nSPS) is 11.2. The summed E-state index contributed by atoms with van der Waals surface area (Å²) in [6.07, 6.45) is 0.445. The molecule has 0 spiro atoms. The SMILES string of the molecule is CC(C)(C)OC(=O)NCCCSc1ccc(F)cc1. The number of carbonyl (C=O) groups is 1. The first kappa shape index (κ1) is 15.8. The van der Waals surface area contributed by atoms with Gasteiger partial charge in [-0.15, -0.1) is 11.8 Å². The summed E-state index contributed by atoms with van der Waals surface area (Å²) < 4.78 is 17.8.